The standard InChI is InChI=1S/C30H37N7O/c1-19(2)30-29-28(24(38)18-37(30)17-7-5-6-8-25-33-35-36-34-25)31-26(22-13-9-20(3)10-14-22)27(32-29)23-15-11-21(4)12-16-23/h9-16,19,24,30,38H,5-8,17-18H2,1-4H3,(H,33,34,35,36). The minimum absolute atomic E-state index is 0.0920. The second-order valence-corrected chi connectivity index (χ2v) is 10.8. The molecule has 2 atom stereocenters. The summed E-state index contributed by atoms with van der Waals surface area (Å²) in [6, 6.07) is 17.0. The number of tetrazole rings is 1. The molecule has 0 radical (unpaired) electrons. The van der Waals surface area contributed by atoms with E-state index in [1.165, 1.54) is 11.1 Å². The first-order chi connectivity index (χ1) is 18.4. The molecule has 0 fully saturated rings. The van der Waals surface area contributed by atoms with E-state index in [9.17, 15) is 5.11 Å². The van der Waals surface area contributed by atoms with Crippen LogP contribution in [0.2, 0.25) is 0 Å². The van der Waals surface area contributed by atoms with Crippen LogP contribution in [0, 0.1) is 19.8 Å². The molecule has 1 aliphatic heterocycles. The highest BCUT2D eigenvalue weighted by atomic mass is 16.3. The summed E-state index contributed by atoms with van der Waals surface area (Å²) >= 11 is 0. The molecule has 38 heavy (non-hydrogen) atoms. The number of nitrogens with zero attached hydrogens (tertiary/aromatic N) is 6. The molecule has 0 spiro atoms. The lowest BCUT2D eigenvalue weighted by Gasteiger charge is -2.40. The molecule has 2 unspecified atom stereocenters. The predicted molar refractivity (Wildman–Crippen MR) is 148 cm³/mol. The van der Waals surface area contributed by atoms with Crippen molar-refractivity contribution in [3.05, 3.63) is 76.9 Å². The number of β-amino-alcohol motifs (C(OH)–C–C–N with tert-alkyl or cyclic N) is 1. The van der Waals surface area contributed by atoms with Crippen LogP contribution < -0.4 is 0 Å². The van der Waals surface area contributed by atoms with Crippen LogP contribution in [0.5, 0.6) is 0 Å². The van der Waals surface area contributed by atoms with Crippen LogP contribution in [0.4, 0.5) is 0 Å². The Bertz CT molecular complexity index is 1330. The Labute approximate surface area is 224 Å². The lowest BCUT2D eigenvalue weighted by Crippen LogP contribution is -2.42. The summed E-state index contributed by atoms with van der Waals surface area (Å²) < 4.78 is 0. The first-order valence-corrected chi connectivity index (χ1v) is 13.6. The maximum atomic E-state index is 11.3. The number of benzene rings is 2. The number of H-pyrrole nitrogens is 1. The molecule has 1 aliphatic rings. The summed E-state index contributed by atoms with van der Waals surface area (Å²) in [5.74, 6) is 1.08. The normalized spacial score (nSPS) is 17.6. The van der Waals surface area contributed by atoms with Gasteiger partial charge in [0.2, 0.25) is 0 Å². The average molecular weight is 512 g/mol. The number of aryl methyl sites for hydroxylation is 3. The van der Waals surface area contributed by atoms with Gasteiger partial charge in [0.25, 0.3) is 0 Å². The summed E-state index contributed by atoms with van der Waals surface area (Å²) in [5.41, 5.74) is 7.76. The molecule has 3 heterocycles. The van der Waals surface area contributed by atoms with Gasteiger partial charge in [0.05, 0.1) is 28.8 Å². The lowest BCUT2D eigenvalue weighted by molar-refractivity contribution is 0.0427. The number of hydrogen-bond donors (Lipinski definition) is 2. The third kappa shape index (κ3) is 5.66. The number of rotatable bonds is 9. The average Bonchev–Trinajstić information content (AvgIpc) is 3.42. The van der Waals surface area contributed by atoms with Crippen LogP contribution in [-0.4, -0.2) is 53.7 Å². The Morgan fingerprint density at radius 2 is 1.47 bits per heavy atom. The van der Waals surface area contributed by atoms with Crippen molar-refractivity contribution in [3.63, 3.8) is 0 Å². The van der Waals surface area contributed by atoms with Gasteiger partial charge in [-0.15, -0.1) is 10.2 Å². The van der Waals surface area contributed by atoms with Crippen molar-refractivity contribution in [1.29, 1.82) is 0 Å². The van der Waals surface area contributed by atoms with E-state index in [2.05, 4.69) is 102 Å². The highest BCUT2D eigenvalue weighted by molar-refractivity contribution is 5.78. The van der Waals surface area contributed by atoms with Crippen molar-refractivity contribution in [2.75, 3.05) is 13.1 Å². The van der Waals surface area contributed by atoms with Gasteiger partial charge in [-0.05, 0) is 39.2 Å². The van der Waals surface area contributed by atoms with Crippen molar-refractivity contribution in [1.82, 2.24) is 35.5 Å². The van der Waals surface area contributed by atoms with Gasteiger partial charge in [0.1, 0.15) is 6.10 Å². The van der Waals surface area contributed by atoms with E-state index in [1.807, 2.05) is 0 Å². The van der Waals surface area contributed by atoms with Gasteiger partial charge in [0, 0.05) is 24.1 Å². The van der Waals surface area contributed by atoms with E-state index in [0.717, 1.165) is 66.3 Å². The molecule has 2 aromatic carbocycles. The Morgan fingerprint density at radius 1 is 0.868 bits per heavy atom. The third-order valence-corrected chi connectivity index (χ3v) is 7.36. The molecule has 0 saturated carbocycles. The van der Waals surface area contributed by atoms with E-state index in [0.29, 0.717) is 18.2 Å². The van der Waals surface area contributed by atoms with Gasteiger partial charge in [-0.3, -0.25) is 4.90 Å². The summed E-state index contributed by atoms with van der Waals surface area (Å²) in [4.78, 5) is 12.8. The van der Waals surface area contributed by atoms with Crippen molar-refractivity contribution in [2.45, 2.75) is 65.5 Å². The zero-order valence-corrected chi connectivity index (χ0v) is 22.7. The molecule has 2 N–H and O–H groups in total. The highest BCUT2D eigenvalue weighted by Crippen LogP contribution is 2.41. The fraction of sp³-hybridized carbons (Fsp3) is 0.433. The fourth-order valence-electron chi connectivity index (χ4n) is 5.38. The van der Waals surface area contributed by atoms with Crippen molar-refractivity contribution in [2.24, 2.45) is 5.92 Å². The monoisotopic (exact) mass is 511 g/mol. The van der Waals surface area contributed by atoms with Gasteiger partial charge in [-0.25, -0.2) is 9.97 Å². The molecule has 5 rings (SSSR count). The van der Waals surface area contributed by atoms with Crippen LogP contribution in [0.1, 0.15) is 73.6 Å². The van der Waals surface area contributed by atoms with Crippen LogP contribution >= 0.6 is 0 Å². The molecule has 4 aromatic rings. The van der Waals surface area contributed by atoms with Crippen LogP contribution in [-0.2, 0) is 6.42 Å². The number of nitrogens with one attached hydrogen (secondary N) is 1. The topological polar surface area (TPSA) is 104 Å². The zero-order chi connectivity index (χ0) is 26.6. The van der Waals surface area contributed by atoms with E-state index in [4.69, 9.17) is 9.97 Å². The summed E-state index contributed by atoms with van der Waals surface area (Å²) in [6.07, 6.45) is 3.25. The Hall–Kier alpha value is -3.49. The molecule has 8 nitrogen and oxygen atoms in total. The number of hydrogen-bond acceptors (Lipinski definition) is 7. The molecule has 198 valence electrons. The van der Waals surface area contributed by atoms with Crippen molar-refractivity contribution >= 4 is 0 Å². The molecular weight excluding hydrogens is 474 g/mol. The number of aromatic amines is 1. The molecular formula is C30H37N7O. The third-order valence-electron chi connectivity index (χ3n) is 7.36. The van der Waals surface area contributed by atoms with Gasteiger partial charge < -0.3 is 5.11 Å². The van der Waals surface area contributed by atoms with Crippen molar-refractivity contribution < 1.29 is 5.11 Å². The van der Waals surface area contributed by atoms with E-state index >= 15 is 0 Å². The second kappa shape index (κ2) is 11.5. The first-order valence-electron chi connectivity index (χ1n) is 13.6. The maximum absolute atomic E-state index is 11.3. The summed E-state index contributed by atoms with van der Waals surface area (Å²) in [5, 5.41) is 25.5. The fourth-order valence-corrected chi connectivity index (χ4v) is 5.38. The molecule has 2 aromatic heterocycles. The molecule has 0 bridgehead atoms. The van der Waals surface area contributed by atoms with Gasteiger partial charge in [-0.1, -0.05) is 85.1 Å². The first kappa shape index (κ1) is 26.1. The zero-order valence-electron chi connectivity index (χ0n) is 22.7. The number of aliphatic hydroxyl groups excluding tert-OH is 1. The minimum Gasteiger partial charge on any atom is -0.385 e. The van der Waals surface area contributed by atoms with Crippen LogP contribution in [0.25, 0.3) is 22.5 Å². The number of unbranched alkanes of at least 4 members (excludes halogenated alkanes) is 2. The number of aromatic nitrogens is 6. The largest absolute Gasteiger partial charge is 0.385 e. The van der Waals surface area contributed by atoms with Crippen LogP contribution in [0.3, 0.4) is 0 Å². The Morgan fingerprint density at radius 3 is 2.03 bits per heavy atom. The minimum atomic E-state index is -0.678. The summed E-state index contributed by atoms with van der Waals surface area (Å²) in [6.45, 7) is 10.1. The number of fused-ring (bicyclic) bond motifs is 1. The molecule has 8 heteroatoms. The van der Waals surface area contributed by atoms with Crippen LogP contribution in [0.15, 0.2) is 48.5 Å². The van der Waals surface area contributed by atoms with E-state index < -0.39 is 6.10 Å². The SMILES string of the molecule is Cc1ccc(-c2nc3c(nc2-c2ccc(C)cc2)C(C(C)C)N(CCCCCc2nn[nH]n2)CC3O)cc1. The molecule has 0 amide bonds. The predicted octanol–water partition coefficient (Wildman–Crippen LogP) is 5.40. The van der Waals surface area contributed by atoms with E-state index in [1.54, 1.807) is 0 Å². The smallest absolute Gasteiger partial charge is 0.174 e. The van der Waals surface area contributed by atoms with Gasteiger partial charge in [0.15, 0.2) is 5.82 Å². The van der Waals surface area contributed by atoms with Gasteiger partial charge >= 0.3 is 0 Å². The maximum Gasteiger partial charge on any atom is 0.174 e. The molecule has 0 saturated heterocycles. The van der Waals surface area contributed by atoms with E-state index in [-0.39, 0.29) is 6.04 Å². The quantitative estimate of drug-likeness (QED) is 0.290. The highest BCUT2D eigenvalue weighted by Gasteiger charge is 2.37. The second-order valence-electron chi connectivity index (χ2n) is 10.8. The number of aliphatic hydroxyl groups is 1. The lowest BCUT2D eigenvalue weighted by atomic mass is 9.90. The molecule has 0 aliphatic carbocycles. The Balaban J connectivity index is 1.47. The van der Waals surface area contributed by atoms with Crippen molar-refractivity contribution in [3.8, 4) is 22.5 Å². The Kier molecular flexibility index (Phi) is 7.90. The summed E-state index contributed by atoms with van der Waals surface area (Å²) in [7, 11) is 0. The van der Waals surface area contributed by atoms with Gasteiger partial charge in [-0.2, -0.15) is 5.21 Å².